The average Bonchev–Trinajstić information content (AvgIpc) is 3.57. The van der Waals surface area contributed by atoms with Crippen LogP contribution in [0.2, 0.25) is 0 Å². The zero-order chi connectivity index (χ0) is 20.4. The quantitative estimate of drug-likeness (QED) is 0.696. The maximum Gasteiger partial charge on any atom is 0.387 e. The molecule has 0 N–H and O–H groups in total. The van der Waals surface area contributed by atoms with Crippen molar-refractivity contribution >= 4 is 12.0 Å². The number of methoxy groups -OCH3 is 1. The van der Waals surface area contributed by atoms with E-state index in [9.17, 15) is 13.6 Å². The third-order valence-electron chi connectivity index (χ3n) is 4.95. The van der Waals surface area contributed by atoms with Crippen molar-refractivity contribution < 1.29 is 27.8 Å². The Hall–Kier alpha value is -3.09. The molecule has 0 spiro atoms. The van der Waals surface area contributed by atoms with Gasteiger partial charge in [-0.2, -0.15) is 8.78 Å². The summed E-state index contributed by atoms with van der Waals surface area (Å²) in [5.41, 5.74) is 2.26. The van der Waals surface area contributed by atoms with Crippen LogP contribution in [0.3, 0.4) is 0 Å². The van der Waals surface area contributed by atoms with Gasteiger partial charge in [-0.15, -0.1) is 0 Å². The van der Waals surface area contributed by atoms with Crippen LogP contribution in [0.5, 0.6) is 17.2 Å². The number of benzene rings is 2. The van der Waals surface area contributed by atoms with Crippen LogP contribution in [-0.4, -0.2) is 37.2 Å². The number of rotatable bonds is 7. The lowest BCUT2D eigenvalue weighted by atomic mass is 10.1. The third kappa shape index (κ3) is 4.34. The van der Waals surface area contributed by atoms with Gasteiger partial charge < -0.3 is 19.1 Å². The van der Waals surface area contributed by atoms with Crippen molar-refractivity contribution in [2.45, 2.75) is 32.0 Å². The van der Waals surface area contributed by atoms with E-state index in [0.29, 0.717) is 12.1 Å². The molecule has 0 unspecified atom stereocenters. The first-order valence-corrected chi connectivity index (χ1v) is 9.40. The van der Waals surface area contributed by atoms with E-state index in [1.54, 1.807) is 12.1 Å². The Morgan fingerprint density at radius 2 is 2.00 bits per heavy atom. The molecule has 0 bridgehead atoms. The van der Waals surface area contributed by atoms with Crippen molar-refractivity contribution in [2.24, 2.45) is 0 Å². The molecule has 2 aromatic carbocycles. The number of carbonyl (C=O) groups excluding carboxylic acids is 1. The van der Waals surface area contributed by atoms with E-state index in [-0.39, 0.29) is 30.1 Å². The molecule has 0 saturated heterocycles. The predicted molar refractivity (Wildman–Crippen MR) is 103 cm³/mol. The molecule has 7 heteroatoms. The zero-order valence-corrected chi connectivity index (χ0v) is 15.9. The Morgan fingerprint density at radius 1 is 1.21 bits per heavy atom. The summed E-state index contributed by atoms with van der Waals surface area (Å²) in [6.07, 6.45) is 3.76. The molecule has 1 saturated carbocycles. The van der Waals surface area contributed by atoms with Crippen molar-refractivity contribution in [2.75, 3.05) is 13.7 Å². The fourth-order valence-corrected chi connectivity index (χ4v) is 3.38. The first-order chi connectivity index (χ1) is 14.0. The molecule has 1 heterocycles. The number of hydrogen-bond donors (Lipinski definition) is 0. The maximum atomic E-state index is 13.2. The lowest BCUT2D eigenvalue weighted by molar-refractivity contribution is -0.128. The number of ether oxygens (including phenoxy) is 3. The summed E-state index contributed by atoms with van der Waals surface area (Å²) in [5.74, 6) is 0.867. The van der Waals surface area contributed by atoms with Crippen LogP contribution >= 0.6 is 0 Å². The Bertz CT molecular complexity index is 940. The maximum absolute atomic E-state index is 13.2. The van der Waals surface area contributed by atoms with Gasteiger partial charge in [-0.3, -0.25) is 4.79 Å². The fourth-order valence-electron chi connectivity index (χ4n) is 3.38. The van der Waals surface area contributed by atoms with E-state index in [4.69, 9.17) is 9.47 Å². The number of alkyl halides is 2. The van der Waals surface area contributed by atoms with Crippen LogP contribution in [0, 0.1) is 0 Å². The smallest absolute Gasteiger partial charge is 0.387 e. The number of hydrogen-bond acceptors (Lipinski definition) is 4. The van der Waals surface area contributed by atoms with Gasteiger partial charge in [0.1, 0.15) is 12.4 Å². The third-order valence-corrected chi connectivity index (χ3v) is 4.95. The monoisotopic (exact) mass is 401 g/mol. The van der Waals surface area contributed by atoms with Gasteiger partial charge in [-0.1, -0.05) is 24.3 Å². The first-order valence-electron chi connectivity index (χ1n) is 9.40. The van der Waals surface area contributed by atoms with Crippen LogP contribution in [0.25, 0.3) is 6.08 Å². The molecular formula is C22H21F2NO4. The molecule has 4 rings (SSSR count). The van der Waals surface area contributed by atoms with Gasteiger partial charge in [0.2, 0.25) is 0 Å². The van der Waals surface area contributed by atoms with Crippen LogP contribution in [0.1, 0.15) is 24.0 Å². The predicted octanol–water partition coefficient (Wildman–Crippen LogP) is 4.26. The van der Waals surface area contributed by atoms with Crippen LogP contribution in [0.15, 0.2) is 48.0 Å². The van der Waals surface area contributed by atoms with Gasteiger partial charge in [-0.25, -0.2) is 0 Å². The molecule has 1 fully saturated rings. The van der Waals surface area contributed by atoms with E-state index in [1.165, 1.54) is 13.2 Å². The summed E-state index contributed by atoms with van der Waals surface area (Å²) in [4.78, 5) is 15.0. The van der Waals surface area contributed by atoms with Crippen LogP contribution in [-0.2, 0) is 11.3 Å². The number of fused-ring (bicyclic) bond motifs is 1. The summed E-state index contributed by atoms with van der Waals surface area (Å²) < 4.78 is 40.4. The highest BCUT2D eigenvalue weighted by molar-refractivity contribution is 5.99. The highest BCUT2D eigenvalue weighted by Crippen LogP contribution is 2.34. The molecule has 1 aliphatic heterocycles. The number of nitrogens with zero attached hydrogens (tertiary/aromatic N) is 1. The molecule has 2 aliphatic rings. The second kappa shape index (κ2) is 8.11. The van der Waals surface area contributed by atoms with E-state index >= 15 is 0 Å². The molecule has 0 aromatic heterocycles. The number of carbonyl (C=O) groups is 1. The molecule has 1 aliphatic carbocycles. The lowest BCUT2D eigenvalue weighted by Crippen LogP contribution is -2.35. The number of halogens is 2. The van der Waals surface area contributed by atoms with Gasteiger partial charge in [0.05, 0.1) is 12.7 Å². The summed E-state index contributed by atoms with van der Waals surface area (Å²) in [7, 11) is 1.39. The van der Waals surface area contributed by atoms with E-state index < -0.39 is 6.61 Å². The van der Waals surface area contributed by atoms with E-state index in [2.05, 4.69) is 4.74 Å². The summed E-state index contributed by atoms with van der Waals surface area (Å²) in [6.45, 7) is -2.35. The average molecular weight is 401 g/mol. The number of para-hydroxylation sites is 1. The highest BCUT2D eigenvalue weighted by atomic mass is 19.3. The zero-order valence-electron chi connectivity index (χ0n) is 15.9. The Kier molecular flexibility index (Phi) is 5.38. The molecule has 29 heavy (non-hydrogen) atoms. The van der Waals surface area contributed by atoms with E-state index in [0.717, 1.165) is 29.7 Å². The Morgan fingerprint density at radius 3 is 2.72 bits per heavy atom. The number of amides is 1. The molecule has 0 atom stereocenters. The van der Waals surface area contributed by atoms with Crippen molar-refractivity contribution in [3.8, 4) is 17.2 Å². The second-order valence-electron chi connectivity index (χ2n) is 7.02. The van der Waals surface area contributed by atoms with Gasteiger partial charge >= 0.3 is 6.61 Å². The molecule has 1 amide bonds. The van der Waals surface area contributed by atoms with Gasteiger partial charge in [0.15, 0.2) is 11.5 Å². The van der Waals surface area contributed by atoms with Crippen molar-refractivity contribution in [3.05, 3.63) is 59.2 Å². The normalized spacial score (nSPS) is 15.2. The standard InChI is InChI=1S/C22H21F2NO4/c1-27-20-10-14(6-9-19(20)29-22(23)24)12-25(17-7-8-17)21(26)16-11-15-4-2-3-5-18(15)28-13-16/h2-6,9-11,17,22H,7-8,12-13H2,1H3. The molecular weight excluding hydrogens is 380 g/mol. The minimum Gasteiger partial charge on any atom is -0.493 e. The molecule has 5 nitrogen and oxygen atoms in total. The van der Waals surface area contributed by atoms with E-state index in [1.807, 2.05) is 35.2 Å². The van der Waals surface area contributed by atoms with Gasteiger partial charge in [-0.05, 0) is 42.7 Å². The summed E-state index contributed by atoms with van der Waals surface area (Å²) in [6, 6.07) is 12.5. The van der Waals surface area contributed by atoms with Crippen LogP contribution < -0.4 is 14.2 Å². The van der Waals surface area contributed by atoms with Crippen molar-refractivity contribution in [1.82, 2.24) is 4.90 Å². The molecule has 152 valence electrons. The SMILES string of the molecule is COc1cc(CN(C(=O)C2=Cc3ccccc3OC2)C2CC2)ccc1OC(F)F. The van der Waals surface area contributed by atoms with Gasteiger partial charge in [0.25, 0.3) is 5.91 Å². The lowest BCUT2D eigenvalue weighted by Gasteiger charge is -2.26. The second-order valence-corrected chi connectivity index (χ2v) is 7.02. The Labute approximate surface area is 167 Å². The molecule has 0 radical (unpaired) electrons. The largest absolute Gasteiger partial charge is 0.493 e. The topological polar surface area (TPSA) is 48.0 Å². The minimum atomic E-state index is -2.93. The Balaban J connectivity index is 1.55. The summed E-state index contributed by atoms with van der Waals surface area (Å²) in [5, 5.41) is 0. The van der Waals surface area contributed by atoms with Crippen LogP contribution in [0.4, 0.5) is 8.78 Å². The van der Waals surface area contributed by atoms with Crippen molar-refractivity contribution in [3.63, 3.8) is 0 Å². The fraction of sp³-hybridized carbons (Fsp3) is 0.318. The first kappa shape index (κ1) is 19.2. The highest BCUT2D eigenvalue weighted by Gasteiger charge is 2.34. The molecule has 2 aromatic rings. The van der Waals surface area contributed by atoms with Crippen molar-refractivity contribution in [1.29, 1.82) is 0 Å². The van der Waals surface area contributed by atoms with Gasteiger partial charge in [0, 0.05) is 18.2 Å². The summed E-state index contributed by atoms with van der Waals surface area (Å²) >= 11 is 0. The minimum absolute atomic E-state index is 0.0319.